The van der Waals surface area contributed by atoms with Crippen LogP contribution in [0.4, 0.5) is 0 Å². The Balaban J connectivity index is 1.82. The van der Waals surface area contributed by atoms with Crippen LogP contribution in [0.1, 0.15) is 68.2 Å². The molecule has 9 nitrogen and oxygen atoms in total. The number of aliphatic hydroxyl groups is 1. The lowest BCUT2D eigenvalue weighted by Gasteiger charge is -2.25. The summed E-state index contributed by atoms with van der Waals surface area (Å²) in [5.74, 6) is -0.826. The van der Waals surface area contributed by atoms with Gasteiger partial charge in [-0.1, -0.05) is 37.6 Å². The second kappa shape index (κ2) is 16.3. The molecule has 0 bridgehead atoms. The average molecular weight is 615 g/mol. The summed E-state index contributed by atoms with van der Waals surface area (Å²) < 4.78 is 5.87. The third-order valence-electron chi connectivity index (χ3n) is 6.65. The normalized spacial score (nSPS) is 12.4. The lowest BCUT2D eigenvalue weighted by atomic mass is 10.0. The summed E-state index contributed by atoms with van der Waals surface area (Å²) in [5, 5.41) is 17.3. The first-order chi connectivity index (χ1) is 20.1. The van der Waals surface area contributed by atoms with Crippen molar-refractivity contribution in [1.29, 1.82) is 0 Å². The number of hydrogen-bond donors (Lipinski definition) is 4. The van der Waals surface area contributed by atoms with E-state index in [1.165, 1.54) is 29.5 Å². The lowest BCUT2D eigenvalue weighted by molar-refractivity contribution is 0.0755. The topological polar surface area (TPSA) is 134 Å². The van der Waals surface area contributed by atoms with Gasteiger partial charge in [-0.3, -0.25) is 14.4 Å². The number of nitrogens with zero attached hydrogens (tertiary/aromatic N) is 1. The summed E-state index contributed by atoms with van der Waals surface area (Å²) in [4.78, 5) is 41.5. The Morgan fingerprint density at radius 3 is 2.33 bits per heavy atom. The molecule has 1 heterocycles. The molecule has 2 unspecified atom stereocenters. The molecule has 3 amide bonds. The summed E-state index contributed by atoms with van der Waals surface area (Å²) in [6.07, 6.45) is 0.901. The number of hydrogen-bond acceptors (Lipinski definition) is 7. The van der Waals surface area contributed by atoms with E-state index in [0.717, 1.165) is 29.0 Å². The monoisotopic (exact) mass is 614 g/mol. The number of primary amides is 1. The number of thiophene rings is 1. The fraction of sp³-hybridized carbons (Fsp3) is 0.387. The molecule has 5 N–H and O–H groups in total. The van der Waals surface area contributed by atoms with Gasteiger partial charge in [-0.05, 0) is 60.9 Å². The number of nitrogens with one attached hydrogen (secondary N) is 2. The number of benzene rings is 2. The summed E-state index contributed by atoms with van der Waals surface area (Å²) in [6.45, 7) is 5.73. The van der Waals surface area contributed by atoms with Gasteiger partial charge in [-0.25, -0.2) is 0 Å². The van der Waals surface area contributed by atoms with Gasteiger partial charge in [-0.15, -0.1) is 11.3 Å². The standard InChI is InChI=1S/C31H39ClN4O5S/c1-4-11-36(12-5-2)31(40)23-15-21(29(33)38)14-22(16-23)30(39)35-26(17-25-9-10-28(32)42-25)27(37)19-34-18-20-7-6-8-24(13-20)41-3/h6-10,13-16,26-27,34,37H,4-5,11-12,17-19H2,1-3H3,(H2,33,38)(H,35,39). The molecule has 2 atom stereocenters. The first kappa shape index (κ1) is 33.1. The van der Waals surface area contributed by atoms with E-state index >= 15 is 0 Å². The molecule has 2 aromatic carbocycles. The highest BCUT2D eigenvalue weighted by Gasteiger charge is 2.25. The molecule has 0 radical (unpaired) electrons. The zero-order chi connectivity index (χ0) is 30.6. The van der Waals surface area contributed by atoms with Crippen LogP contribution in [0.15, 0.2) is 54.6 Å². The van der Waals surface area contributed by atoms with E-state index in [1.807, 2.05) is 44.2 Å². The molecule has 0 fully saturated rings. The highest BCUT2D eigenvalue weighted by atomic mass is 35.5. The number of carbonyl (C=O) groups is 3. The quantitative estimate of drug-likeness (QED) is 0.190. The maximum atomic E-state index is 13.5. The number of nitrogens with two attached hydrogens (primary N) is 1. The number of aliphatic hydroxyl groups excluding tert-OH is 1. The van der Waals surface area contributed by atoms with Crippen LogP contribution in [0.25, 0.3) is 0 Å². The van der Waals surface area contributed by atoms with Crippen molar-refractivity contribution in [3.63, 3.8) is 0 Å². The van der Waals surface area contributed by atoms with Gasteiger partial charge in [-0.2, -0.15) is 0 Å². The van der Waals surface area contributed by atoms with Crippen LogP contribution in [0, 0.1) is 0 Å². The maximum absolute atomic E-state index is 13.5. The van der Waals surface area contributed by atoms with Crippen LogP contribution < -0.4 is 21.1 Å². The second-order valence-electron chi connectivity index (χ2n) is 10.00. The minimum absolute atomic E-state index is 0.0565. The van der Waals surface area contributed by atoms with E-state index in [2.05, 4.69) is 10.6 Å². The molecule has 42 heavy (non-hydrogen) atoms. The van der Waals surface area contributed by atoms with E-state index in [9.17, 15) is 19.5 Å². The number of amides is 3. The van der Waals surface area contributed by atoms with E-state index < -0.39 is 24.0 Å². The van der Waals surface area contributed by atoms with Crippen LogP contribution in [0.2, 0.25) is 4.34 Å². The van der Waals surface area contributed by atoms with E-state index in [-0.39, 0.29) is 29.1 Å². The van der Waals surface area contributed by atoms with Crippen LogP contribution in [-0.2, 0) is 13.0 Å². The summed E-state index contributed by atoms with van der Waals surface area (Å²) in [6, 6.07) is 14.8. The third-order valence-corrected chi connectivity index (χ3v) is 7.90. The first-order valence-corrected chi connectivity index (χ1v) is 15.2. The fourth-order valence-corrected chi connectivity index (χ4v) is 5.71. The van der Waals surface area contributed by atoms with Crippen molar-refractivity contribution < 1.29 is 24.2 Å². The van der Waals surface area contributed by atoms with Crippen molar-refractivity contribution in [3.8, 4) is 5.75 Å². The molecule has 0 aliphatic rings. The highest BCUT2D eigenvalue weighted by Crippen LogP contribution is 2.23. The molecule has 11 heteroatoms. The number of rotatable bonds is 16. The Labute approximate surface area is 256 Å². The first-order valence-electron chi connectivity index (χ1n) is 14.0. The number of ether oxygens (including phenoxy) is 1. The molecule has 0 aliphatic heterocycles. The van der Waals surface area contributed by atoms with Crippen molar-refractivity contribution in [3.05, 3.63) is 86.1 Å². The van der Waals surface area contributed by atoms with Gasteiger partial charge in [0.05, 0.1) is 23.6 Å². The van der Waals surface area contributed by atoms with Gasteiger partial charge in [0.2, 0.25) is 5.91 Å². The Morgan fingerprint density at radius 1 is 1.02 bits per heavy atom. The predicted molar refractivity (Wildman–Crippen MR) is 166 cm³/mol. The molecule has 0 aliphatic carbocycles. The van der Waals surface area contributed by atoms with E-state index in [1.54, 1.807) is 18.1 Å². The van der Waals surface area contributed by atoms with Gasteiger partial charge in [0, 0.05) is 54.2 Å². The van der Waals surface area contributed by atoms with Gasteiger partial charge in [0.15, 0.2) is 0 Å². The van der Waals surface area contributed by atoms with Gasteiger partial charge in [0.25, 0.3) is 11.8 Å². The molecule has 0 spiro atoms. The van der Waals surface area contributed by atoms with Crippen LogP contribution in [0.5, 0.6) is 5.75 Å². The molecular weight excluding hydrogens is 576 g/mol. The summed E-state index contributed by atoms with van der Waals surface area (Å²) >= 11 is 7.50. The molecule has 3 rings (SSSR count). The van der Waals surface area contributed by atoms with Crippen LogP contribution in [0.3, 0.4) is 0 Å². The fourth-order valence-electron chi connectivity index (χ4n) is 4.56. The molecule has 0 saturated heterocycles. The maximum Gasteiger partial charge on any atom is 0.253 e. The van der Waals surface area contributed by atoms with Crippen molar-refractivity contribution in [2.24, 2.45) is 5.73 Å². The minimum Gasteiger partial charge on any atom is -0.497 e. The lowest BCUT2D eigenvalue weighted by Crippen LogP contribution is -2.48. The number of methoxy groups -OCH3 is 1. The van der Waals surface area contributed by atoms with Crippen molar-refractivity contribution in [1.82, 2.24) is 15.5 Å². The Bertz CT molecular complexity index is 1360. The molecule has 0 saturated carbocycles. The molecule has 1 aromatic heterocycles. The zero-order valence-corrected chi connectivity index (χ0v) is 25.8. The third kappa shape index (κ3) is 9.55. The van der Waals surface area contributed by atoms with Gasteiger partial charge in [0.1, 0.15) is 5.75 Å². The smallest absolute Gasteiger partial charge is 0.253 e. The Kier molecular flexibility index (Phi) is 12.8. The largest absolute Gasteiger partial charge is 0.497 e. The SMILES string of the molecule is CCCN(CCC)C(=O)c1cc(C(N)=O)cc(C(=O)NC(Cc2ccc(Cl)s2)C(O)CNCc2cccc(OC)c2)c1. The van der Waals surface area contributed by atoms with Gasteiger partial charge >= 0.3 is 0 Å². The minimum atomic E-state index is -0.967. The predicted octanol–water partition coefficient (Wildman–Crippen LogP) is 4.26. The number of carbonyl (C=O) groups excluding carboxylic acids is 3. The van der Waals surface area contributed by atoms with Crippen LogP contribution >= 0.6 is 22.9 Å². The van der Waals surface area contributed by atoms with Crippen molar-refractivity contribution in [2.75, 3.05) is 26.7 Å². The second-order valence-corrected chi connectivity index (χ2v) is 11.8. The van der Waals surface area contributed by atoms with Gasteiger partial charge < -0.3 is 31.1 Å². The summed E-state index contributed by atoms with van der Waals surface area (Å²) in [5.41, 5.74) is 6.91. The molecular formula is C31H39ClN4O5S. The van der Waals surface area contributed by atoms with Crippen molar-refractivity contribution in [2.45, 2.75) is 51.8 Å². The van der Waals surface area contributed by atoms with E-state index in [4.69, 9.17) is 22.1 Å². The average Bonchev–Trinajstić information content (AvgIpc) is 3.40. The Morgan fingerprint density at radius 2 is 1.71 bits per heavy atom. The molecule has 226 valence electrons. The summed E-state index contributed by atoms with van der Waals surface area (Å²) in [7, 11) is 1.60. The highest BCUT2D eigenvalue weighted by molar-refractivity contribution is 7.16. The van der Waals surface area contributed by atoms with E-state index in [0.29, 0.717) is 30.4 Å². The Hall–Kier alpha value is -3.44. The molecule has 3 aromatic rings. The number of halogens is 1. The van der Waals surface area contributed by atoms with Crippen LogP contribution in [-0.4, -0.2) is 66.6 Å². The van der Waals surface area contributed by atoms with Crippen molar-refractivity contribution >= 4 is 40.7 Å². The zero-order valence-electron chi connectivity index (χ0n) is 24.2.